The van der Waals surface area contributed by atoms with Crippen molar-refractivity contribution in [1.82, 2.24) is 14.9 Å². The largest absolute Gasteiger partial charge is 0.305 e. The summed E-state index contributed by atoms with van der Waals surface area (Å²) in [5.74, 6) is 0.306. The minimum atomic E-state index is -0.276. The molecule has 3 nitrogen and oxygen atoms in total. The van der Waals surface area contributed by atoms with Crippen molar-refractivity contribution in [3.63, 3.8) is 0 Å². The summed E-state index contributed by atoms with van der Waals surface area (Å²) in [6, 6.07) is 4.61. The van der Waals surface area contributed by atoms with Gasteiger partial charge in [0.15, 0.2) is 0 Å². The predicted octanol–water partition coefficient (Wildman–Crippen LogP) is 4.06. The Kier molecular flexibility index (Phi) is 4.01. The van der Waals surface area contributed by atoms with Crippen molar-refractivity contribution >= 4 is 23.1 Å². The molecule has 1 aromatic carbocycles. The third-order valence-corrected chi connectivity index (χ3v) is 4.62. The first kappa shape index (κ1) is 13.9. The fourth-order valence-electron chi connectivity index (χ4n) is 2.28. The van der Waals surface area contributed by atoms with E-state index >= 15 is 0 Å². The van der Waals surface area contributed by atoms with Gasteiger partial charge in [0, 0.05) is 29.1 Å². The lowest BCUT2D eigenvalue weighted by atomic mass is 10.1. The summed E-state index contributed by atoms with van der Waals surface area (Å²) in [7, 11) is 0. The van der Waals surface area contributed by atoms with E-state index in [1.54, 1.807) is 12.1 Å². The van der Waals surface area contributed by atoms with Crippen LogP contribution in [-0.4, -0.2) is 9.59 Å². The second kappa shape index (κ2) is 5.76. The van der Waals surface area contributed by atoms with Crippen LogP contribution in [0, 0.1) is 5.82 Å². The van der Waals surface area contributed by atoms with Gasteiger partial charge in [-0.15, -0.1) is 5.10 Å². The van der Waals surface area contributed by atoms with Crippen LogP contribution < -0.4 is 5.32 Å². The lowest BCUT2D eigenvalue weighted by Gasteiger charge is -2.16. The van der Waals surface area contributed by atoms with E-state index in [1.165, 1.54) is 30.4 Å². The molecule has 0 bridgehead atoms. The number of nitrogens with zero attached hydrogens (tertiary/aromatic N) is 2. The topological polar surface area (TPSA) is 37.8 Å². The lowest BCUT2D eigenvalue weighted by molar-refractivity contribution is 0.529. The van der Waals surface area contributed by atoms with Gasteiger partial charge in [-0.2, -0.15) is 0 Å². The number of rotatable bonds is 5. The molecule has 1 saturated carbocycles. The average molecular weight is 312 g/mol. The van der Waals surface area contributed by atoms with Crippen molar-refractivity contribution in [3.05, 3.63) is 45.2 Å². The first-order valence-electron chi connectivity index (χ1n) is 6.65. The number of halogens is 2. The predicted molar refractivity (Wildman–Crippen MR) is 78.5 cm³/mol. The molecule has 1 atom stereocenters. The molecular formula is C14H15ClFN3S. The summed E-state index contributed by atoms with van der Waals surface area (Å²) >= 11 is 7.49. The number of hydrogen-bond acceptors (Lipinski definition) is 4. The third kappa shape index (κ3) is 2.85. The summed E-state index contributed by atoms with van der Waals surface area (Å²) in [5.41, 5.74) is 1.62. The van der Waals surface area contributed by atoms with Gasteiger partial charge in [0.25, 0.3) is 0 Å². The zero-order valence-electron chi connectivity index (χ0n) is 11.1. The summed E-state index contributed by atoms with van der Waals surface area (Å²) in [4.78, 5) is 1.15. The second-order valence-electron chi connectivity index (χ2n) is 5.09. The Morgan fingerprint density at radius 2 is 2.30 bits per heavy atom. The standard InChI is InChI=1S/C14H15ClFN3S/c1-8(13-10(15)3-2-4-11(13)16)17-7-12-14(9-5-6-9)18-19-20-12/h2-4,8-9,17H,5-7H2,1H3/t8-/m0/s1. The van der Waals surface area contributed by atoms with Crippen LogP contribution in [0.15, 0.2) is 18.2 Å². The molecule has 0 spiro atoms. The fourth-order valence-corrected chi connectivity index (χ4v) is 3.28. The SMILES string of the molecule is C[C@H](NCc1snnc1C1CC1)c1c(F)cccc1Cl. The normalized spacial score (nSPS) is 16.4. The number of nitrogens with one attached hydrogen (secondary N) is 1. The summed E-state index contributed by atoms with van der Waals surface area (Å²) < 4.78 is 17.9. The molecule has 0 saturated heterocycles. The van der Waals surface area contributed by atoms with Crippen LogP contribution in [0.3, 0.4) is 0 Å². The van der Waals surface area contributed by atoms with Crippen molar-refractivity contribution in [2.24, 2.45) is 0 Å². The van der Waals surface area contributed by atoms with Gasteiger partial charge in [0.2, 0.25) is 0 Å². The van der Waals surface area contributed by atoms with E-state index in [0.29, 0.717) is 23.0 Å². The van der Waals surface area contributed by atoms with Gasteiger partial charge in [-0.25, -0.2) is 4.39 Å². The van der Waals surface area contributed by atoms with E-state index < -0.39 is 0 Å². The van der Waals surface area contributed by atoms with Gasteiger partial charge in [0.1, 0.15) is 5.82 Å². The molecule has 0 aliphatic heterocycles. The second-order valence-corrected chi connectivity index (χ2v) is 6.34. The zero-order chi connectivity index (χ0) is 14.1. The molecule has 6 heteroatoms. The van der Waals surface area contributed by atoms with E-state index in [1.807, 2.05) is 6.92 Å². The third-order valence-electron chi connectivity index (χ3n) is 3.55. The Labute approximate surface area is 126 Å². The Hall–Kier alpha value is -1.04. The van der Waals surface area contributed by atoms with Gasteiger partial charge in [-0.05, 0) is 43.4 Å². The van der Waals surface area contributed by atoms with Gasteiger partial charge >= 0.3 is 0 Å². The summed E-state index contributed by atoms with van der Waals surface area (Å²) in [6.07, 6.45) is 2.40. The van der Waals surface area contributed by atoms with Gasteiger partial charge in [-0.3, -0.25) is 0 Å². The van der Waals surface area contributed by atoms with Gasteiger partial charge in [0.05, 0.1) is 10.6 Å². The molecule has 2 aromatic rings. The van der Waals surface area contributed by atoms with Gasteiger partial charge in [-0.1, -0.05) is 22.2 Å². The molecule has 1 aliphatic carbocycles. The number of hydrogen-bond donors (Lipinski definition) is 1. The number of aromatic nitrogens is 2. The fraction of sp³-hybridized carbons (Fsp3) is 0.429. The maximum Gasteiger partial charge on any atom is 0.129 e. The Morgan fingerprint density at radius 1 is 1.50 bits per heavy atom. The van der Waals surface area contributed by atoms with E-state index in [0.717, 1.165) is 10.6 Å². The van der Waals surface area contributed by atoms with Crippen LogP contribution in [0.5, 0.6) is 0 Å². The van der Waals surface area contributed by atoms with E-state index in [4.69, 9.17) is 11.6 Å². The molecule has 0 unspecified atom stereocenters. The Morgan fingerprint density at radius 3 is 3.00 bits per heavy atom. The van der Waals surface area contributed by atoms with Crippen molar-refractivity contribution < 1.29 is 4.39 Å². The maximum absolute atomic E-state index is 13.8. The molecule has 20 heavy (non-hydrogen) atoms. The van der Waals surface area contributed by atoms with E-state index in [9.17, 15) is 4.39 Å². The zero-order valence-corrected chi connectivity index (χ0v) is 12.6. The van der Waals surface area contributed by atoms with Crippen LogP contribution in [0.25, 0.3) is 0 Å². The highest BCUT2D eigenvalue weighted by Gasteiger charge is 2.29. The minimum absolute atomic E-state index is 0.155. The van der Waals surface area contributed by atoms with Crippen molar-refractivity contribution in [2.45, 2.75) is 38.3 Å². The van der Waals surface area contributed by atoms with E-state index in [-0.39, 0.29) is 11.9 Å². The molecule has 0 radical (unpaired) electrons. The van der Waals surface area contributed by atoms with Crippen LogP contribution in [0.4, 0.5) is 4.39 Å². The highest BCUT2D eigenvalue weighted by Crippen LogP contribution is 2.41. The first-order chi connectivity index (χ1) is 9.66. The lowest BCUT2D eigenvalue weighted by Crippen LogP contribution is -2.19. The first-order valence-corrected chi connectivity index (χ1v) is 7.80. The molecule has 1 aromatic heterocycles. The van der Waals surface area contributed by atoms with Crippen LogP contribution in [-0.2, 0) is 6.54 Å². The summed E-state index contributed by atoms with van der Waals surface area (Å²) in [5, 5.41) is 7.96. The van der Waals surface area contributed by atoms with Crippen molar-refractivity contribution in [1.29, 1.82) is 0 Å². The molecule has 1 aliphatic rings. The van der Waals surface area contributed by atoms with Crippen LogP contribution in [0.1, 0.15) is 47.9 Å². The molecule has 0 amide bonds. The van der Waals surface area contributed by atoms with Gasteiger partial charge < -0.3 is 5.32 Å². The maximum atomic E-state index is 13.8. The number of benzene rings is 1. The van der Waals surface area contributed by atoms with E-state index in [2.05, 4.69) is 14.9 Å². The molecular weight excluding hydrogens is 297 g/mol. The average Bonchev–Trinajstić information content (AvgIpc) is 3.15. The van der Waals surface area contributed by atoms with Crippen molar-refractivity contribution in [2.75, 3.05) is 0 Å². The molecule has 1 heterocycles. The van der Waals surface area contributed by atoms with Crippen LogP contribution in [0.2, 0.25) is 5.02 Å². The molecule has 106 valence electrons. The summed E-state index contributed by atoms with van der Waals surface area (Å²) in [6.45, 7) is 2.56. The monoisotopic (exact) mass is 311 g/mol. The molecule has 3 rings (SSSR count). The Balaban J connectivity index is 1.70. The Bertz CT molecular complexity index is 592. The molecule has 1 fully saturated rings. The quantitative estimate of drug-likeness (QED) is 0.905. The highest BCUT2D eigenvalue weighted by atomic mass is 35.5. The van der Waals surface area contributed by atoms with Crippen molar-refractivity contribution in [3.8, 4) is 0 Å². The molecule has 1 N–H and O–H groups in total. The highest BCUT2D eigenvalue weighted by molar-refractivity contribution is 7.05. The van der Waals surface area contributed by atoms with Crippen LogP contribution >= 0.6 is 23.1 Å². The smallest absolute Gasteiger partial charge is 0.129 e. The minimum Gasteiger partial charge on any atom is -0.305 e.